The van der Waals surface area contributed by atoms with E-state index >= 15 is 0 Å². The minimum absolute atomic E-state index is 0.123. The van der Waals surface area contributed by atoms with E-state index in [2.05, 4.69) is 5.32 Å². The number of hydrogen-bond donors (Lipinski definition) is 1. The zero-order valence-electron chi connectivity index (χ0n) is 14.5. The molecule has 3 rings (SSSR count). The van der Waals surface area contributed by atoms with E-state index < -0.39 is 0 Å². The molecule has 140 valence electrons. The van der Waals surface area contributed by atoms with Crippen molar-refractivity contribution in [2.24, 2.45) is 0 Å². The molecule has 27 heavy (non-hydrogen) atoms. The van der Waals surface area contributed by atoms with E-state index in [9.17, 15) is 9.59 Å². The fraction of sp³-hybridized carbons (Fsp3) is 0.200. The summed E-state index contributed by atoms with van der Waals surface area (Å²) in [5.74, 6) is -0.467. The Kier molecular flexibility index (Phi) is 6.50. The van der Waals surface area contributed by atoms with Gasteiger partial charge in [-0.15, -0.1) is 0 Å². The Morgan fingerprint density at radius 2 is 1.78 bits per heavy atom. The van der Waals surface area contributed by atoms with Gasteiger partial charge in [-0.3, -0.25) is 9.59 Å². The number of amides is 2. The molecule has 0 unspecified atom stereocenters. The number of morpholine rings is 1. The van der Waals surface area contributed by atoms with Crippen molar-refractivity contribution in [2.45, 2.75) is 0 Å². The Balaban J connectivity index is 1.71. The Morgan fingerprint density at radius 1 is 1.04 bits per heavy atom. The third kappa shape index (κ3) is 5.10. The van der Waals surface area contributed by atoms with Crippen LogP contribution in [0.15, 0.2) is 48.5 Å². The molecule has 2 aromatic carbocycles. The van der Waals surface area contributed by atoms with Gasteiger partial charge in [0.15, 0.2) is 0 Å². The van der Waals surface area contributed by atoms with Crippen LogP contribution in [0.4, 0.5) is 5.69 Å². The van der Waals surface area contributed by atoms with Crippen molar-refractivity contribution in [1.82, 2.24) is 4.90 Å². The molecule has 1 N–H and O–H groups in total. The molecule has 0 aliphatic carbocycles. The molecule has 1 saturated heterocycles. The maximum Gasteiger partial charge on any atom is 0.256 e. The van der Waals surface area contributed by atoms with Crippen LogP contribution in [0.3, 0.4) is 0 Å². The van der Waals surface area contributed by atoms with Gasteiger partial charge in [0, 0.05) is 19.2 Å². The molecule has 0 radical (unpaired) electrons. The smallest absolute Gasteiger partial charge is 0.256 e. The van der Waals surface area contributed by atoms with Crippen LogP contribution in [-0.4, -0.2) is 43.0 Å². The first kappa shape index (κ1) is 19.4. The second kappa shape index (κ2) is 9.04. The van der Waals surface area contributed by atoms with Crippen molar-refractivity contribution in [2.75, 3.05) is 31.6 Å². The lowest BCUT2D eigenvalue weighted by molar-refractivity contribution is -0.111. The van der Waals surface area contributed by atoms with Gasteiger partial charge >= 0.3 is 0 Å². The highest BCUT2D eigenvalue weighted by Gasteiger charge is 2.21. The fourth-order valence-electron chi connectivity index (χ4n) is 2.68. The SMILES string of the molecule is O=C(/C=C/c1ccc(Cl)c(Cl)c1)Nc1ccccc1C(=O)N1CCOCC1. The van der Waals surface area contributed by atoms with Gasteiger partial charge in [-0.05, 0) is 35.9 Å². The number of hydrogen-bond acceptors (Lipinski definition) is 3. The highest BCUT2D eigenvalue weighted by atomic mass is 35.5. The molecule has 0 saturated carbocycles. The average Bonchev–Trinajstić information content (AvgIpc) is 2.69. The molecule has 7 heteroatoms. The first-order valence-corrected chi connectivity index (χ1v) is 9.20. The first-order valence-electron chi connectivity index (χ1n) is 8.45. The predicted molar refractivity (Wildman–Crippen MR) is 107 cm³/mol. The molecule has 5 nitrogen and oxygen atoms in total. The summed E-state index contributed by atoms with van der Waals surface area (Å²) in [5.41, 5.74) is 1.67. The summed E-state index contributed by atoms with van der Waals surface area (Å²) in [7, 11) is 0. The number of benzene rings is 2. The maximum absolute atomic E-state index is 12.7. The number of halogens is 2. The number of nitrogens with zero attached hydrogens (tertiary/aromatic N) is 1. The van der Waals surface area contributed by atoms with Gasteiger partial charge in [0.1, 0.15) is 0 Å². The van der Waals surface area contributed by atoms with Crippen LogP contribution in [0.1, 0.15) is 15.9 Å². The number of ether oxygens (including phenoxy) is 1. The van der Waals surface area contributed by atoms with Gasteiger partial charge < -0.3 is 15.0 Å². The van der Waals surface area contributed by atoms with Crippen LogP contribution < -0.4 is 5.32 Å². The molecule has 0 atom stereocenters. The van der Waals surface area contributed by atoms with E-state index in [-0.39, 0.29) is 11.8 Å². The van der Waals surface area contributed by atoms with Gasteiger partial charge in [0.25, 0.3) is 5.91 Å². The summed E-state index contributed by atoms with van der Waals surface area (Å²) < 4.78 is 5.28. The summed E-state index contributed by atoms with van der Waals surface area (Å²) in [4.78, 5) is 26.7. The van der Waals surface area contributed by atoms with Crippen LogP contribution in [0.2, 0.25) is 10.0 Å². The van der Waals surface area contributed by atoms with E-state index in [4.69, 9.17) is 27.9 Å². The Hall–Kier alpha value is -2.34. The second-order valence-electron chi connectivity index (χ2n) is 5.95. The van der Waals surface area contributed by atoms with E-state index in [1.54, 1.807) is 53.4 Å². The van der Waals surface area contributed by atoms with E-state index in [0.717, 1.165) is 5.56 Å². The van der Waals surface area contributed by atoms with Crippen LogP contribution in [0.25, 0.3) is 6.08 Å². The van der Waals surface area contributed by atoms with Gasteiger partial charge in [0.05, 0.1) is 34.5 Å². The van der Waals surface area contributed by atoms with Gasteiger partial charge in [0.2, 0.25) is 5.91 Å². The van der Waals surface area contributed by atoms with Crippen LogP contribution in [0.5, 0.6) is 0 Å². The lowest BCUT2D eigenvalue weighted by Crippen LogP contribution is -2.41. The van der Waals surface area contributed by atoms with Crippen molar-refractivity contribution < 1.29 is 14.3 Å². The highest BCUT2D eigenvalue weighted by Crippen LogP contribution is 2.23. The average molecular weight is 405 g/mol. The molecule has 0 aromatic heterocycles. The molecule has 1 aliphatic rings. The molecule has 0 spiro atoms. The highest BCUT2D eigenvalue weighted by molar-refractivity contribution is 6.42. The van der Waals surface area contributed by atoms with Crippen LogP contribution >= 0.6 is 23.2 Å². The number of anilines is 1. The third-order valence-electron chi connectivity index (χ3n) is 4.08. The summed E-state index contributed by atoms with van der Waals surface area (Å²) in [6.45, 7) is 2.12. The quantitative estimate of drug-likeness (QED) is 0.779. The lowest BCUT2D eigenvalue weighted by atomic mass is 10.1. The van der Waals surface area contributed by atoms with Crippen molar-refractivity contribution in [3.63, 3.8) is 0 Å². The van der Waals surface area contributed by atoms with Crippen LogP contribution in [-0.2, 0) is 9.53 Å². The van der Waals surface area contributed by atoms with Gasteiger partial charge in [-0.1, -0.05) is 41.4 Å². The number of nitrogens with one attached hydrogen (secondary N) is 1. The molecule has 1 heterocycles. The Morgan fingerprint density at radius 3 is 2.52 bits per heavy atom. The normalized spacial score (nSPS) is 14.4. The van der Waals surface area contributed by atoms with Crippen molar-refractivity contribution >= 4 is 46.8 Å². The standard InChI is InChI=1S/C20H18Cl2N2O3/c21-16-7-5-14(13-17(16)22)6-8-19(25)23-18-4-2-1-3-15(18)20(26)24-9-11-27-12-10-24/h1-8,13H,9-12H2,(H,23,25)/b8-6+. The lowest BCUT2D eigenvalue weighted by Gasteiger charge is -2.27. The Bertz CT molecular complexity index is 877. The largest absolute Gasteiger partial charge is 0.378 e. The van der Waals surface area contributed by atoms with E-state index in [1.807, 2.05) is 0 Å². The summed E-state index contributed by atoms with van der Waals surface area (Å²) in [6.07, 6.45) is 3.01. The minimum Gasteiger partial charge on any atom is -0.378 e. The zero-order chi connectivity index (χ0) is 19.2. The molecule has 2 amide bonds. The van der Waals surface area contributed by atoms with Gasteiger partial charge in [-0.25, -0.2) is 0 Å². The third-order valence-corrected chi connectivity index (χ3v) is 4.82. The summed E-state index contributed by atoms with van der Waals surface area (Å²) in [6, 6.07) is 12.0. The fourth-order valence-corrected chi connectivity index (χ4v) is 2.98. The molecule has 0 bridgehead atoms. The summed E-state index contributed by atoms with van der Waals surface area (Å²) >= 11 is 11.9. The van der Waals surface area contributed by atoms with E-state index in [0.29, 0.717) is 47.6 Å². The molecule has 2 aromatic rings. The number of carbonyl (C=O) groups is 2. The summed E-state index contributed by atoms with van der Waals surface area (Å²) in [5, 5.41) is 3.63. The molecule has 1 fully saturated rings. The zero-order valence-corrected chi connectivity index (χ0v) is 16.0. The van der Waals surface area contributed by atoms with E-state index in [1.165, 1.54) is 6.08 Å². The Labute approximate surface area is 167 Å². The topological polar surface area (TPSA) is 58.6 Å². The monoisotopic (exact) mass is 404 g/mol. The van der Waals surface area contributed by atoms with Crippen molar-refractivity contribution in [1.29, 1.82) is 0 Å². The second-order valence-corrected chi connectivity index (χ2v) is 6.76. The minimum atomic E-state index is -0.344. The molecular weight excluding hydrogens is 387 g/mol. The number of rotatable bonds is 4. The first-order chi connectivity index (χ1) is 13.0. The van der Waals surface area contributed by atoms with Crippen LogP contribution in [0, 0.1) is 0 Å². The van der Waals surface area contributed by atoms with Gasteiger partial charge in [-0.2, -0.15) is 0 Å². The number of carbonyl (C=O) groups excluding carboxylic acids is 2. The maximum atomic E-state index is 12.7. The number of para-hydroxylation sites is 1. The van der Waals surface area contributed by atoms with Crippen molar-refractivity contribution in [3.8, 4) is 0 Å². The predicted octanol–water partition coefficient (Wildman–Crippen LogP) is 4.12. The van der Waals surface area contributed by atoms with Crippen molar-refractivity contribution in [3.05, 3.63) is 69.7 Å². The molecule has 1 aliphatic heterocycles. The molecular formula is C20H18Cl2N2O3.